The van der Waals surface area contributed by atoms with Gasteiger partial charge in [0.25, 0.3) is 0 Å². The summed E-state index contributed by atoms with van der Waals surface area (Å²) in [6, 6.07) is 3.37. The minimum absolute atomic E-state index is 0.00273. The molecule has 0 radical (unpaired) electrons. The molecule has 1 aromatic rings. The van der Waals surface area contributed by atoms with Gasteiger partial charge in [0, 0.05) is 38.2 Å². The highest BCUT2D eigenvalue weighted by atomic mass is 16.4. The van der Waals surface area contributed by atoms with E-state index in [1.54, 1.807) is 24.4 Å². The highest BCUT2D eigenvalue weighted by Gasteiger charge is 2.19. The molecule has 0 spiro atoms. The standard InChI is InChI=1S/C25H35N5O8/c1-17(29-22(33)11-10-18-7-2-4-14-26-18)24(36)28-16-6-9-21(32)30-19(25(37)38)8-3-5-15-27-20(31)12-13-23(34)35/h2,4,7,10-11,14,17,19H,3,5-6,8-9,12-13,15-16H2,1H3,(H,27,31)(H,28,36)(H,29,33)(H,30,32)(H,34,35)(H,37,38)/b11-10+. The zero-order valence-corrected chi connectivity index (χ0v) is 21.3. The Bertz CT molecular complexity index is 983. The Morgan fingerprint density at radius 1 is 0.895 bits per heavy atom. The van der Waals surface area contributed by atoms with Gasteiger partial charge in [-0.2, -0.15) is 0 Å². The van der Waals surface area contributed by atoms with Gasteiger partial charge in [-0.3, -0.25) is 29.0 Å². The highest BCUT2D eigenvalue weighted by molar-refractivity contribution is 5.95. The monoisotopic (exact) mass is 533 g/mol. The van der Waals surface area contributed by atoms with Gasteiger partial charge in [0.1, 0.15) is 12.1 Å². The van der Waals surface area contributed by atoms with Gasteiger partial charge >= 0.3 is 11.9 Å². The molecule has 0 saturated carbocycles. The van der Waals surface area contributed by atoms with Crippen LogP contribution >= 0.6 is 0 Å². The van der Waals surface area contributed by atoms with E-state index in [1.807, 2.05) is 0 Å². The van der Waals surface area contributed by atoms with Crippen molar-refractivity contribution in [2.45, 2.75) is 64.0 Å². The summed E-state index contributed by atoms with van der Waals surface area (Å²) in [5.41, 5.74) is 0.599. The molecule has 13 heteroatoms. The first-order valence-corrected chi connectivity index (χ1v) is 12.3. The number of aliphatic carboxylic acids is 2. The predicted molar refractivity (Wildman–Crippen MR) is 136 cm³/mol. The maximum Gasteiger partial charge on any atom is 0.326 e. The van der Waals surface area contributed by atoms with Gasteiger partial charge < -0.3 is 31.5 Å². The zero-order chi connectivity index (χ0) is 28.3. The molecule has 0 aliphatic rings. The predicted octanol–water partition coefficient (Wildman–Crippen LogP) is 0.217. The van der Waals surface area contributed by atoms with Gasteiger partial charge in [0.15, 0.2) is 0 Å². The van der Waals surface area contributed by atoms with Gasteiger partial charge in [-0.15, -0.1) is 0 Å². The number of hydrogen-bond acceptors (Lipinski definition) is 7. The van der Waals surface area contributed by atoms with Crippen molar-refractivity contribution in [3.63, 3.8) is 0 Å². The Hall–Kier alpha value is -4.29. The Morgan fingerprint density at radius 2 is 1.63 bits per heavy atom. The van der Waals surface area contributed by atoms with Gasteiger partial charge in [-0.1, -0.05) is 6.07 Å². The molecule has 0 saturated heterocycles. The van der Waals surface area contributed by atoms with Crippen LogP contribution in [0.15, 0.2) is 30.5 Å². The van der Waals surface area contributed by atoms with Crippen LogP contribution in [0.3, 0.4) is 0 Å². The number of hydrogen-bond donors (Lipinski definition) is 6. The molecule has 208 valence electrons. The van der Waals surface area contributed by atoms with Crippen molar-refractivity contribution >= 4 is 41.6 Å². The smallest absolute Gasteiger partial charge is 0.326 e. The van der Waals surface area contributed by atoms with Crippen LogP contribution in [0.5, 0.6) is 0 Å². The number of nitrogens with one attached hydrogen (secondary N) is 4. The number of nitrogens with zero attached hydrogens (tertiary/aromatic N) is 1. The molecule has 38 heavy (non-hydrogen) atoms. The number of rotatable bonds is 18. The summed E-state index contributed by atoms with van der Waals surface area (Å²) in [5.74, 6) is -4.00. The highest BCUT2D eigenvalue weighted by Crippen LogP contribution is 2.03. The second-order valence-electron chi connectivity index (χ2n) is 8.41. The SMILES string of the molecule is CC(NC(=O)/C=C/c1ccccn1)C(=O)NCCCC(=O)NC(CCCCNC(=O)CCC(=O)O)C(=O)O. The number of carboxylic acid groups (broad SMARTS) is 2. The van der Waals surface area contributed by atoms with Crippen molar-refractivity contribution in [1.82, 2.24) is 26.3 Å². The van der Waals surface area contributed by atoms with Crippen LogP contribution < -0.4 is 21.3 Å². The molecule has 6 N–H and O–H groups in total. The summed E-state index contributed by atoms with van der Waals surface area (Å²) in [5, 5.41) is 28.0. The van der Waals surface area contributed by atoms with E-state index < -0.39 is 47.7 Å². The fraction of sp³-hybridized carbons (Fsp3) is 0.480. The van der Waals surface area contributed by atoms with Gasteiger partial charge in [-0.05, 0) is 50.8 Å². The van der Waals surface area contributed by atoms with Crippen LogP contribution in [0.1, 0.15) is 57.6 Å². The summed E-state index contributed by atoms with van der Waals surface area (Å²) in [6.07, 6.45) is 5.32. The summed E-state index contributed by atoms with van der Waals surface area (Å²) >= 11 is 0. The van der Waals surface area contributed by atoms with Crippen LogP contribution in [0, 0.1) is 0 Å². The third-order valence-electron chi connectivity index (χ3n) is 5.17. The fourth-order valence-electron chi connectivity index (χ4n) is 3.11. The normalized spacial score (nSPS) is 12.2. The first-order chi connectivity index (χ1) is 18.1. The molecular weight excluding hydrogens is 498 g/mol. The van der Waals surface area contributed by atoms with Gasteiger partial charge in [0.2, 0.25) is 23.6 Å². The zero-order valence-electron chi connectivity index (χ0n) is 21.3. The second kappa shape index (κ2) is 18.0. The van der Waals surface area contributed by atoms with E-state index in [-0.39, 0.29) is 45.2 Å². The maximum absolute atomic E-state index is 12.2. The van der Waals surface area contributed by atoms with E-state index in [1.165, 1.54) is 19.1 Å². The molecule has 0 fully saturated rings. The Labute approximate surface area is 220 Å². The van der Waals surface area contributed by atoms with E-state index in [4.69, 9.17) is 5.11 Å². The third-order valence-corrected chi connectivity index (χ3v) is 5.17. The van der Waals surface area contributed by atoms with E-state index in [9.17, 15) is 33.9 Å². The molecule has 13 nitrogen and oxygen atoms in total. The van der Waals surface area contributed by atoms with E-state index in [0.29, 0.717) is 18.5 Å². The summed E-state index contributed by atoms with van der Waals surface area (Å²) in [6.45, 7) is 1.96. The molecule has 0 aliphatic carbocycles. The Balaban J connectivity index is 2.23. The molecule has 0 bridgehead atoms. The molecule has 1 heterocycles. The van der Waals surface area contributed by atoms with Crippen molar-refractivity contribution < 1.29 is 39.0 Å². The number of unbranched alkanes of at least 4 members (excludes halogenated alkanes) is 1. The number of amides is 4. The molecule has 1 aromatic heterocycles. The number of carbonyl (C=O) groups is 6. The minimum atomic E-state index is -1.18. The van der Waals surface area contributed by atoms with Crippen LogP contribution in [-0.4, -0.2) is 75.9 Å². The van der Waals surface area contributed by atoms with Crippen molar-refractivity contribution in [2.75, 3.05) is 13.1 Å². The van der Waals surface area contributed by atoms with E-state index >= 15 is 0 Å². The summed E-state index contributed by atoms with van der Waals surface area (Å²) in [4.78, 5) is 73.6. The van der Waals surface area contributed by atoms with Crippen LogP contribution in [-0.2, 0) is 28.8 Å². The average Bonchev–Trinajstić information content (AvgIpc) is 2.88. The maximum atomic E-state index is 12.2. The molecule has 4 amide bonds. The minimum Gasteiger partial charge on any atom is -0.481 e. The molecule has 1 rings (SSSR count). The van der Waals surface area contributed by atoms with Crippen molar-refractivity contribution in [3.05, 3.63) is 36.2 Å². The molecule has 0 aromatic carbocycles. The van der Waals surface area contributed by atoms with Crippen LogP contribution in [0.2, 0.25) is 0 Å². The quantitative estimate of drug-likeness (QED) is 0.113. The average molecular weight is 534 g/mol. The number of carbonyl (C=O) groups excluding carboxylic acids is 4. The summed E-state index contributed by atoms with van der Waals surface area (Å²) < 4.78 is 0. The molecular formula is C25H35N5O8. The fourth-order valence-corrected chi connectivity index (χ4v) is 3.11. The number of pyridine rings is 1. The van der Waals surface area contributed by atoms with Gasteiger partial charge in [0.05, 0.1) is 12.1 Å². The van der Waals surface area contributed by atoms with E-state index in [2.05, 4.69) is 26.3 Å². The molecule has 0 aliphatic heterocycles. The molecule has 2 atom stereocenters. The van der Waals surface area contributed by atoms with Crippen LogP contribution in [0.25, 0.3) is 6.08 Å². The lowest BCUT2D eigenvalue weighted by Gasteiger charge is -2.15. The van der Waals surface area contributed by atoms with Crippen molar-refractivity contribution in [2.24, 2.45) is 0 Å². The first-order valence-electron chi connectivity index (χ1n) is 12.3. The Kier molecular flexibility index (Phi) is 15.1. The lowest BCUT2D eigenvalue weighted by Crippen LogP contribution is -2.45. The topological polar surface area (TPSA) is 204 Å². The second-order valence-corrected chi connectivity index (χ2v) is 8.41. The first kappa shape index (κ1) is 31.7. The number of aromatic nitrogens is 1. The largest absolute Gasteiger partial charge is 0.481 e. The van der Waals surface area contributed by atoms with Crippen molar-refractivity contribution in [3.8, 4) is 0 Å². The lowest BCUT2D eigenvalue weighted by molar-refractivity contribution is -0.142. The number of carboxylic acids is 2. The molecule has 2 unspecified atom stereocenters. The van der Waals surface area contributed by atoms with Gasteiger partial charge in [-0.25, -0.2) is 4.79 Å². The van der Waals surface area contributed by atoms with E-state index in [0.717, 1.165) is 0 Å². The van der Waals surface area contributed by atoms with Crippen molar-refractivity contribution in [1.29, 1.82) is 0 Å². The summed E-state index contributed by atoms with van der Waals surface area (Å²) in [7, 11) is 0. The lowest BCUT2D eigenvalue weighted by atomic mass is 10.1. The Morgan fingerprint density at radius 3 is 2.29 bits per heavy atom. The van der Waals surface area contributed by atoms with Crippen LogP contribution in [0.4, 0.5) is 0 Å². The third kappa shape index (κ3) is 15.0.